The minimum absolute atomic E-state index is 0.353. The van der Waals surface area contributed by atoms with Gasteiger partial charge in [-0.05, 0) is 18.2 Å². The van der Waals surface area contributed by atoms with E-state index in [-0.39, 0.29) is 0 Å². The van der Waals surface area contributed by atoms with Gasteiger partial charge in [0.15, 0.2) is 0 Å². The number of rotatable bonds is 2. The largest absolute Gasteiger partial charge is 0.457 e. The van der Waals surface area contributed by atoms with E-state index >= 15 is 0 Å². The smallest absolute Gasteiger partial charge is 0.216 e. The maximum absolute atomic E-state index is 12.8. The van der Waals surface area contributed by atoms with Crippen LogP contribution < -0.4 is 4.74 Å². The molecule has 0 amide bonds. The van der Waals surface area contributed by atoms with Crippen molar-refractivity contribution < 1.29 is 9.13 Å². The second kappa shape index (κ2) is 4.68. The van der Waals surface area contributed by atoms with E-state index in [1.54, 1.807) is 24.3 Å². The molecule has 0 atom stereocenters. The molecule has 2 nitrogen and oxygen atoms in total. The first-order valence-electron chi connectivity index (χ1n) is 4.39. The summed E-state index contributed by atoms with van der Waals surface area (Å²) in [7, 11) is 0. The first-order valence-corrected chi connectivity index (χ1v) is 5.15. The maximum atomic E-state index is 12.8. The topological polar surface area (TPSA) is 22.1 Å². The first-order chi connectivity index (χ1) is 7.65. The molecule has 0 unspecified atom stereocenters. The number of ether oxygens (including phenoxy) is 1. The van der Waals surface area contributed by atoms with Crippen LogP contribution >= 0.6 is 23.2 Å². The van der Waals surface area contributed by atoms with E-state index in [2.05, 4.69) is 4.98 Å². The van der Waals surface area contributed by atoms with Gasteiger partial charge in [-0.2, -0.15) is 4.39 Å². The fourth-order valence-corrected chi connectivity index (χ4v) is 1.41. The number of pyridine rings is 1. The summed E-state index contributed by atoms with van der Waals surface area (Å²) in [5.41, 5.74) is 0. The average molecular weight is 258 g/mol. The van der Waals surface area contributed by atoms with Crippen LogP contribution in [0.4, 0.5) is 4.39 Å². The SMILES string of the molecule is Fc1cc(Oc2ccc(Cl)c(Cl)c2)ccn1. The molecule has 0 aliphatic heterocycles. The second-order valence-corrected chi connectivity index (χ2v) is 3.81. The number of aromatic nitrogens is 1. The van der Waals surface area contributed by atoms with Crippen LogP contribution in [0, 0.1) is 5.95 Å². The molecule has 0 saturated heterocycles. The monoisotopic (exact) mass is 257 g/mol. The van der Waals surface area contributed by atoms with Crippen LogP contribution in [0.25, 0.3) is 0 Å². The van der Waals surface area contributed by atoms with E-state index in [0.717, 1.165) is 0 Å². The Morgan fingerprint density at radius 2 is 1.75 bits per heavy atom. The van der Waals surface area contributed by atoms with Gasteiger partial charge in [-0.15, -0.1) is 0 Å². The molecule has 82 valence electrons. The molecule has 0 N–H and O–H groups in total. The van der Waals surface area contributed by atoms with Gasteiger partial charge in [0.25, 0.3) is 0 Å². The molecular formula is C11H6Cl2FNO. The molecule has 0 aliphatic carbocycles. The molecule has 1 heterocycles. The quantitative estimate of drug-likeness (QED) is 0.748. The number of hydrogen-bond donors (Lipinski definition) is 0. The Morgan fingerprint density at radius 1 is 1.00 bits per heavy atom. The molecule has 0 radical (unpaired) electrons. The van der Waals surface area contributed by atoms with Gasteiger partial charge in [-0.25, -0.2) is 4.98 Å². The van der Waals surface area contributed by atoms with Gasteiger partial charge in [-0.3, -0.25) is 0 Å². The van der Waals surface area contributed by atoms with Crippen molar-refractivity contribution in [1.29, 1.82) is 0 Å². The minimum atomic E-state index is -0.599. The lowest BCUT2D eigenvalue weighted by molar-refractivity contribution is 0.472. The molecule has 16 heavy (non-hydrogen) atoms. The van der Waals surface area contributed by atoms with E-state index < -0.39 is 5.95 Å². The zero-order chi connectivity index (χ0) is 11.5. The third-order valence-corrected chi connectivity index (χ3v) is 2.56. The van der Waals surface area contributed by atoms with Crippen molar-refractivity contribution >= 4 is 23.2 Å². The second-order valence-electron chi connectivity index (χ2n) is 2.99. The normalized spacial score (nSPS) is 10.2. The van der Waals surface area contributed by atoms with Crippen molar-refractivity contribution in [2.75, 3.05) is 0 Å². The van der Waals surface area contributed by atoms with Crippen molar-refractivity contribution in [3.05, 3.63) is 52.5 Å². The van der Waals surface area contributed by atoms with Crippen molar-refractivity contribution in [3.8, 4) is 11.5 Å². The van der Waals surface area contributed by atoms with Crippen LogP contribution in [0.5, 0.6) is 11.5 Å². The lowest BCUT2D eigenvalue weighted by Gasteiger charge is -2.06. The Bertz CT molecular complexity index is 519. The zero-order valence-corrected chi connectivity index (χ0v) is 9.47. The van der Waals surface area contributed by atoms with Crippen LogP contribution in [-0.4, -0.2) is 4.98 Å². The first kappa shape index (κ1) is 11.2. The predicted molar refractivity (Wildman–Crippen MR) is 60.7 cm³/mol. The zero-order valence-electron chi connectivity index (χ0n) is 7.95. The summed E-state index contributed by atoms with van der Waals surface area (Å²) in [5, 5.41) is 0.823. The third-order valence-electron chi connectivity index (χ3n) is 1.82. The van der Waals surface area contributed by atoms with Gasteiger partial charge in [-0.1, -0.05) is 23.2 Å². The van der Waals surface area contributed by atoms with E-state index in [1.807, 2.05) is 0 Å². The molecule has 0 aliphatic rings. The van der Waals surface area contributed by atoms with Crippen molar-refractivity contribution in [2.45, 2.75) is 0 Å². The van der Waals surface area contributed by atoms with Gasteiger partial charge < -0.3 is 4.74 Å². The summed E-state index contributed by atoms with van der Waals surface area (Å²) < 4.78 is 18.1. The summed E-state index contributed by atoms with van der Waals surface area (Å²) in [6.07, 6.45) is 1.32. The summed E-state index contributed by atoms with van der Waals surface area (Å²) in [6, 6.07) is 7.54. The van der Waals surface area contributed by atoms with Gasteiger partial charge in [0.05, 0.1) is 10.0 Å². The number of benzene rings is 1. The molecular weight excluding hydrogens is 252 g/mol. The number of hydrogen-bond acceptors (Lipinski definition) is 2. The molecule has 0 bridgehead atoms. The Balaban J connectivity index is 2.24. The third kappa shape index (κ3) is 2.62. The molecule has 2 aromatic rings. The molecule has 2 rings (SSSR count). The highest BCUT2D eigenvalue weighted by Gasteiger charge is 2.02. The van der Waals surface area contributed by atoms with Gasteiger partial charge in [0.2, 0.25) is 5.95 Å². The van der Waals surface area contributed by atoms with Crippen molar-refractivity contribution in [3.63, 3.8) is 0 Å². The van der Waals surface area contributed by atoms with E-state index in [1.165, 1.54) is 12.3 Å². The molecule has 0 saturated carbocycles. The van der Waals surface area contributed by atoms with Gasteiger partial charge in [0.1, 0.15) is 11.5 Å². The molecule has 1 aromatic heterocycles. The highest BCUT2D eigenvalue weighted by atomic mass is 35.5. The van der Waals surface area contributed by atoms with Crippen LogP contribution in [0.15, 0.2) is 36.5 Å². The van der Waals surface area contributed by atoms with Crippen molar-refractivity contribution in [2.24, 2.45) is 0 Å². The van der Waals surface area contributed by atoms with Gasteiger partial charge >= 0.3 is 0 Å². The lowest BCUT2D eigenvalue weighted by Crippen LogP contribution is -1.87. The van der Waals surface area contributed by atoms with Crippen LogP contribution in [-0.2, 0) is 0 Å². The molecule has 5 heteroatoms. The minimum Gasteiger partial charge on any atom is -0.457 e. The molecule has 1 aromatic carbocycles. The van der Waals surface area contributed by atoms with Crippen LogP contribution in [0.1, 0.15) is 0 Å². The van der Waals surface area contributed by atoms with Crippen molar-refractivity contribution in [1.82, 2.24) is 4.98 Å². The highest BCUT2D eigenvalue weighted by Crippen LogP contribution is 2.29. The van der Waals surface area contributed by atoms with E-state index in [4.69, 9.17) is 27.9 Å². The average Bonchev–Trinajstić information content (AvgIpc) is 2.24. The highest BCUT2D eigenvalue weighted by molar-refractivity contribution is 6.42. The molecule has 0 spiro atoms. The van der Waals surface area contributed by atoms with Gasteiger partial charge in [0, 0.05) is 18.3 Å². The fraction of sp³-hybridized carbons (Fsp3) is 0. The van der Waals surface area contributed by atoms with E-state index in [0.29, 0.717) is 21.5 Å². The Morgan fingerprint density at radius 3 is 2.44 bits per heavy atom. The maximum Gasteiger partial charge on any atom is 0.216 e. The number of halogens is 3. The molecule has 0 fully saturated rings. The Labute approximate surface area is 102 Å². The Hall–Kier alpha value is -1.32. The number of nitrogens with zero attached hydrogens (tertiary/aromatic N) is 1. The van der Waals surface area contributed by atoms with E-state index in [9.17, 15) is 4.39 Å². The summed E-state index contributed by atoms with van der Waals surface area (Å²) in [6.45, 7) is 0. The van der Waals surface area contributed by atoms with Crippen LogP contribution in [0.2, 0.25) is 10.0 Å². The summed E-state index contributed by atoms with van der Waals surface area (Å²) in [4.78, 5) is 3.42. The summed E-state index contributed by atoms with van der Waals surface area (Å²) >= 11 is 11.6. The lowest BCUT2D eigenvalue weighted by atomic mass is 10.3. The predicted octanol–water partition coefficient (Wildman–Crippen LogP) is 4.32. The van der Waals surface area contributed by atoms with Crippen LogP contribution in [0.3, 0.4) is 0 Å². The Kier molecular flexibility index (Phi) is 3.27. The fourth-order valence-electron chi connectivity index (χ4n) is 1.12. The summed E-state index contributed by atoms with van der Waals surface area (Å²) in [5.74, 6) is 0.239. The standard InChI is InChI=1S/C11H6Cl2FNO/c12-9-2-1-7(5-10(9)13)16-8-3-4-15-11(14)6-8/h1-6H.